The number of nitrogens with zero attached hydrogens (tertiary/aromatic N) is 1. The number of amides is 1. The molecular formula is C10H17NO. The Hall–Kier alpha value is -0.790. The molecule has 1 heterocycles. The van der Waals surface area contributed by atoms with Crippen molar-refractivity contribution in [2.75, 3.05) is 13.1 Å². The predicted octanol–water partition coefficient (Wildman–Crippen LogP) is 1.68. The SMILES string of the molecule is C=CC1CCN(CC(C)C)C1=O. The van der Waals surface area contributed by atoms with E-state index < -0.39 is 0 Å². The molecule has 1 unspecified atom stereocenters. The van der Waals surface area contributed by atoms with Crippen molar-refractivity contribution in [2.24, 2.45) is 11.8 Å². The third kappa shape index (κ3) is 1.87. The Bertz CT molecular complexity index is 186. The zero-order valence-electron chi connectivity index (χ0n) is 7.92. The Kier molecular flexibility index (Phi) is 2.90. The largest absolute Gasteiger partial charge is 0.342 e. The Balaban J connectivity index is 2.49. The first-order valence-electron chi connectivity index (χ1n) is 4.56. The number of hydrogen-bond donors (Lipinski definition) is 0. The minimum atomic E-state index is 0.0868. The summed E-state index contributed by atoms with van der Waals surface area (Å²) in [5, 5.41) is 0. The zero-order valence-corrected chi connectivity index (χ0v) is 7.92. The van der Waals surface area contributed by atoms with E-state index in [1.807, 2.05) is 4.90 Å². The normalized spacial score (nSPS) is 23.8. The minimum Gasteiger partial charge on any atom is -0.342 e. The Morgan fingerprint density at radius 3 is 2.83 bits per heavy atom. The van der Waals surface area contributed by atoms with E-state index in [0.29, 0.717) is 5.92 Å². The van der Waals surface area contributed by atoms with Gasteiger partial charge in [0, 0.05) is 13.1 Å². The van der Waals surface area contributed by atoms with Gasteiger partial charge in [0.15, 0.2) is 0 Å². The molecule has 0 spiro atoms. The summed E-state index contributed by atoms with van der Waals surface area (Å²) in [4.78, 5) is 13.5. The average molecular weight is 167 g/mol. The van der Waals surface area contributed by atoms with Crippen molar-refractivity contribution >= 4 is 5.91 Å². The molecule has 2 nitrogen and oxygen atoms in total. The second-order valence-electron chi connectivity index (χ2n) is 3.81. The summed E-state index contributed by atoms with van der Waals surface area (Å²) in [6, 6.07) is 0. The van der Waals surface area contributed by atoms with Gasteiger partial charge in [0.05, 0.1) is 5.92 Å². The minimum absolute atomic E-state index is 0.0868. The van der Waals surface area contributed by atoms with E-state index in [2.05, 4.69) is 20.4 Å². The van der Waals surface area contributed by atoms with Crippen molar-refractivity contribution in [2.45, 2.75) is 20.3 Å². The number of carbonyl (C=O) groups is 1. The Morgan fingerprint density at radius 2 is 2.42 bits per heavy atom. The molecular weight excluding hydrogens is 150 g/mol. The summed E-state index contributed by atoms with van der Waals surface area (Å²) in [6.45, 7) is 9.73. The summed E-state index contributed by atoms with van der Waals surface area (Å²) in [6.07, 6.45) is 2.72. The maximum absolute atomic E-state index is 11.5. The van der Waals surface area contributed by atoms with E-state index in [-0.39, 0.29) is 11.8 Å². The van der Waals surface area contributed by atoms with Crippen LogP contribution in [0.2, 0.25) is 0 Å². The molecule has 1 aliphatic heterocycles. The lowest BCUT2D eigenvalue weighted by molar-refractivity contribution is -0.130. The Labute approximate surface area is 74.2 Å². The molecule has 0 N–H and O–H groups in total. The van der Waals surface area contributed by atoms with Gasteiger partial charge in [0.2, 0.25) is 5.91 Å². The van der Waals surface area contributed by atoms with Crippen LogP contribution in [0.3, 0.4) is 0 Å². The third-order valence-electron chi connectivity index (χ3n) is 2.21. The molecule has 0 saturated carbocycles. The smallest absolute Gasteiger partial charge is 0.229 e. The van der Waals surface area contributed by atoms with Gasteiger partial charge in [-0.1, -0.05) is 19.9 Å². The van der Waals surface area contributed by atoms with Crippen LogP contribution in [0, 0.1) is 11.8 Å². The summed E-state index contributed by atoms with van der Waals surface area (Å²) < 4.78 is 0. The molecule has 0 bridgehead atoms. The van der Waals surface area contributed by atoms with Gasteiger partial charge in [-0.05, 0) is 12.3 Å². The summed E-state index contributed by atoms with van der Waals surface area (Å²) in [5.74, 6) is 0.917. The van der Waals surface area contributed by atoms with Gasteiger partial charge in [-0.25, -0.2) is 0 Å². The summed E-state index contributed by atoms with van der Waals surface area (Å²) in [5.41, 5.74) is 0. The number of carbonyl (C=O) groups excluding carboxylic acids is 1. The molecule has 1 atom stereocenters. The zero-order chi connectivity index (χ0) is 9.14. The van der Waals surface area contributed by atoms with Crippen molar-refractivity contribution in [3.05, 3.63) is 12.7 Å². The maximum Gasteiger partial charge on any atom is 0.229 e. The lowest BCUT2D eigenvalue weighted by Gasteiger charge is -2.18. The van der Waals surface area contributed by atoms with Crippen molar-refractivity contribution < 1.29 is 4.79 Å². The highest BCUT2D eigenvalue weighted by molar-refractivity contribution is 5.82. The van der Waals surface area contributed by atoms with Crippen molar-refractivity contribution in [3.8, 4) is 0 Å². The van der Waals surface area contributed by atoms with Gasteiger partial charge in [-0.3, -0.25) is 4.79 Å². The summed E-state index contributed by atoms with van der Waals surface area (Å²) >= 11 is 0. The maximum atomic E-state index is 11.5. The molecule has 1 fully saturated rings. The van der Waals surface area contributed by atoms with Gasteiger partial charge in [-0.15, -0.1) is 6.58 Å². The third-order valence-corrected chi connectivity index (χ3v) is 2.21. The van der Waals surface area contributed by atoms with Gasteiger partial charge in [0.25, 0.3) is 0 Å². The highest BCUT2D eigenvalue weighted by atomic mass is 16.2. The molecule has 0 radical (unpaired) electrons. The van der Waals surface area contributed by atoms with Crippen LogP contribution in [-0.4, -0.2) is 23.9 Å². The standard InChI is InChI=1S/C10H17NO/c1-4-9-5-6-11(10(9)12)7-8(2)3/h4,8-9H,1,5-7H2,2-3H3. The molecule has 0 aliphatic carbocycles. The first-order valence-corrected chi connectivity index (χ1v) is 4.56. The fraction of sp³-hybridized carbons (Fsp3) is 0.700. The van der Waals surface area contributed by atoms with Crippen molar-refractivity contribution in [3.63, 3.8) is 0 Å². The van der Waals surface area contributed by atoms with Crippen molar-refractivity contribution in [1.29, 1.82) is 0 Å². The van der Waals surface area contributed by atoms with Crippen LogP contribution in [0.5, 0.6) is 0 Å². The molecule has 1 saturated heterocycles. The number of rotatable bonds is 3. The quantitative estimate of drug-likeness (QED) is 0.586. The van der Waals surface area contributed by atoms with Gasteiger partial charge in [-0.2, -0.15) is 0 Å². The lowest BCUT2D eigenvalue weighted by Crippen LogP contribution is -2.30. The molecule has 0 aromatic heterocycles. The van der Waals surface area contributed by atoms with Crippen LogP contribution < -0.4 is 0 Å². The van der Waals surface area contributed by atoms with Crippen LogP contribution in [0.25, 0.3) is 0 Å². The molecule has 0 aromatic carbocycles. The molecule has 1 aliphatic rings. The van der Waals surface area contributed by atoms with Crippen LogP contribution in [0.15, 0.2) is 12.7 Å². The first-order chi connectivity index (χ1) is 5.65. The highest BCUT2D eigenvalue weighted by Crippen LogP contribution is 2.19. The van der Waals surface area contributed by atoms with E-state index in [1.165, 1.54) is 0 Å². The van der Waals surface area contributed by atoms with Crippen molar-refractivity contribution in [1.82, 2.24) is 4.90 Å². The van der Waals surface area contributed by atoms with E-state index in [9.17, 15) is 4.79 Å². The van der Waals surface area contributed by atoms with Crippen LogP contribution in [-0.2, 0) is 4.79 Å². The van der Waals surface area contributed by atoms with E-state index >= 15 is 0 Å². The van der Waals surface area contributed by atoms with Crippen LogP contribution in [0.4, 0.5) is 0 Å². The molecule has 0 aromatic rings. The summed E-state index contributed by atoms with van der Waals surface area (Å²) in [7, 11) is 0. The predicted molar refractivity (Wildman–Crippen MR) is 49.7 cm³/mol. The van der Waals surface area contributed by atoms with Gasteiger partial charge < -0.3 is 4.90 Å². The van der Waals surface area contributed by atoms with Gasteiger partial charge in [0.1, 0.15) is 0 Å². The Morgan fingerprint density at radius 1 is 1.75 bits per heavy atom. The fourth-order valence-corrected chi connectivity index (χ4v) is 1.60. The second-order valence-corrected chi connectivity index (χ2v) is 3.81. The van der Waals surface area contributed by atoms with E-state index in [0.717, 1.165) is 19.5 Å². The highest BCUT2D eigenvalue weighted by Gasteiger charge is 2.28. The molecule has 1 amide bonds. The topological polar surface area (TPSA) is 20.3 Å². The second kappa shape index (κ2) is 3.74. The molecule has 1 rings (SSSR count). The van der Waals surface area contributed by atoms with Crippen LogP contribution in [0.1, 0.15) is 20.3 Å². The molecule has 2 heteroatoms. The molecule has 12 heavy (non-hydrogen) atoms. The van der Waals surface area contributed by atoms with Gasteiger partial charge >= 0.3 is 0 Å². The van der Waals surface area contributed by atoms with Crippen LogP contribution >= 0.6 is 0 Å². The lowest BCUT2D eigenvalue weighted by atomic mass is 10.1. The number of hydrogen-bond acceptors (Lipinski definition) is 1. The monoisotopic (exact) mass is 167 g/mol. The average Bonchev–Trinajstić information content (AvgIpc) is 2.32. The van der Waals surface area contributed by atoms with E-state index in [1.54, 1.807) is 6.08 Å². The number of likely N-dealkylation sites (tertiary alicyclic amines) is 1. The molecule has 68 valence electrons. The van der Waals surface area contributed by atoms with E-state index in [4.69, 9.17) is 0 Å². The fourth-order valence-electron chi connectivity index (χ4n) is 1.60. The first kappa shape index (κ1) is 9.30.